The third-order valence-electron chi connectivity index (χ3n) is 2.84. The van der Waals surface area contributed by atoms with Crippen LogP contribution in [-0.2, 0) is 4.79 Å². The van der Waals surface area contributed by atoms with Crippen LogP contribution in [0, 0.1) is 0 Å². The van der Waals surface area contributed by atoms with E-state index in [1.807, 2.05) is 17.5 Å². The molecule has 82 valence electrons. The van der Waals surface area contributed by atoms with Crippen LogP contribution in [0.15, 0.2) is 21.7 Å². The monoisotopic (exact) mass is 242 g/mol. The summed E-state index contributed by atoms with van der Waals surface area (Å²) in [5, 5.41) is 11.4. The molecule has 1 heterocycles. The highest BCUT2D eigenvalue weighted by molar-refractivity contribution is 8.03. The van der Waals surface area contributed by atoms with Gasteiger partial charge in [0.25, 0.3) is 0 Å². The van der Waals surface area contributed by atoms with Crippen molar-refractivity contribution >= 4 is 29.1 Å². The largest absolute Gasteiger partial charge is 0.480 e. The second-order valence-electron chi connectivity index (χ2n) is 3.89. The maximum absolute atomic E-state index is 11.4. The van der Waals surface area contributed by atoms with Crippen molar-refractivity contribution in [3.05, 3.63) is 17.5 Å². The fourth-order valence-corrected chi connectivity index (χ4v) is 4.39. The Kier molecular flexibility index (Phi) is 3.36. The van der Waals surface area contributed by atoms with Crippen molar-refractivity contribution in [2.24, 2.45) is 0 Å². The summed E-state index contributed by atoms with van der Waals surface area (Å²) >= 11 is 3.18. The van der Waals surface area contributed by atoms with Gasteiger partial charge in [0.1, 0.15) is 4.75 Å². The molecule has 1 aromatic heterocycles. The molecule has 0 amide bonds. The summed E-state index contributed by atoms with van der Waals surface area (Å²) < 4.78 is 0.572. The second-order valence-corrected chi connectivity index (χ2v) is 6.53. The van der Waals surface area contributed by atoms with Gasteiger partial charge in [-0.15, -0.1) is 11.3 Å². The van der Waals surface area contributed by atoms with Crippen LogP contribution in [0.3, 0.4) is 0 Å². The fourth-order valence-electron chi connectivity index (χ4n) is 2.00. The highest BCUT2D eigenvalue weighted by atomic mass is 32.2. The zero-order chi connectivity index (χ0) is 10.7. The van der Waals surface area contributed by atoms with Gasteiger partial charge in [0, 0.05) is 0 Å². The highest BCUT2D eigenvalue weighted by Crippen LogP contribution is 2.45. The molecule has 0 atom stereocenters. The van der Waals surface area contributed by atoms with Crippen LogP contribution in [0.5, 0.6) is 0 Å². The number of rotatable bonds is 3. The van der Waals surface area contributed by atoms with E-state index in [4.69, 9.17) is 0 Å². The zero-order valence-corrected chi connectivity index (χ0v) is 10.1. The summed E-state index contributed by atoms with van der Waals surface area (Å²) in [6.45, 7) is 0. The van der Waals surface area contributed by atoms with Gasteiger partial charge in [-0.05, 0) is 24.3 Å². The Balaban J connectivity index is 2.15. The molecule has 4 heteroatoms. The zero-order valence-electron chi connectivity index (χ0n) is 8.44. The van der Waals surface area contributed by atoms with Crippen molar-refractivity contribution < 1.29 is 9.90 Å². The predicted octanol–water partition coefficient (Wildman–Crippen LogP) is 3.63. The normalized spacial score (nSPS) is 20.0. The van der Waals surface area contributed by atoms with E-state index in [0.717, 1.165) is 29.9 Å². The first-order chi connectivity index (χ1) is 7.23. The minimum Gasteiger partial charge on any atom is -0.480 e. The number of thiophene rings is 1. The molecule has 1 fully saturated rings. The average Bonchev–Trinajstić information content (AvgIpc) is 2.71. The lowest BCUT2D eigenvalue weighted by Crippen LogP contribution is -2.36. The number of thioether (sulfide) groups is 1. The van der Waals surface area contributed by atoms with Gasteiger partial charge in [-0.25, -0.2) is 0 Å². The van der Waals surface area contributed by atoms with Gasteiger partial charge in [-0.1, -0.05) is 37.1 Å². The number of hydrogen-bond donors (Lipinski definition) is 1. The van der Waals surface area contributed by atoms with Crippen LogP contribution < -0.4 is 0 Å². The van der Waals surface area contributed by atoms with E-state index >= 15 is 0 Å². The summed E-state index contributed by atoms with van der Waals surface area (Å²) in [4.78, 5) is 11.4. The molecule has 1 N–H and O–H groups in total. The molecular weight excluding hydrogens is 228 g/mol. The Morgan fingerprint density at radius 3 is 2.67 bits per heavy atom. The van der Waals surface area contributed by atoms with Crippen molar-refractivity contribution in [3.8, 4) is 0 Å². The number of carboxylic acids is 1. The van der Waals surface area contributed by atoms with E-state index in [-0.39, 0.29) is 0 Å². The maximum atomic E-state index is 11.4. The minimum absolute atomic E-state index is 0.552. The molecule has 15 heavy (non-hydrogen) atoms. The fraction of sp³-hybridized carbons (Fsp3) is 0.545. The first-order valence-corrected chi connectivity index (χ1v) is 6.88. The smallest absolute Gasteiger partial charge is 0.320 e. The topological polar surface area (TPSA) is 37.3 Å². The first-order valence-electron chi connectivity index (χ1n) is 5.19. The number of hydrogen-bond acceptors (Lipinski definition) is 3. The second kappa shape index (κ2) is 4.58. The number of carbonyl (C=O) groups is 1. The molecule has 0 radical (unpaired) electrons. The van der Waals surface area contributed by atoms with Gasteiger partial charge in [0.15, 0.2) is 0 Å². The van der Waals surface area contributed by atoms with Crippen LogP contribution in [0.2, 0.25) is 0 Å². The number of carboxylic acid groups (broad SMARTS) is 1. The van der Waals surface area contributed by atoms with E-state index in [1.165, 1.54) is 6.42 Å². The third kappa shape index (κ3) is 2.37. The Bertz CT molecular complexity index is 326. The van der Waals surface area contributed by atoms with Crippen LogP contribution in [0.25, 0.3) is 0 Å². The highest BCUT2D eigenvalue weighted by Gasteiger charge is 2.40. The van der Waals surface area contributed by atoms with Crippen LogP contribution in [0.1, 0.15) is 32.1 Å². The van der Waals surface area contributed by atoms with Crippen LogP contribution in [0.4, 0.5) is 0 Å². The Morgan fingerprint density at radius 2 is 2.13 bits per heavy atom. The average molecular weight is 242 g/mol. The lowest BCUT2D eigenvalue weighted by atomic mass is 9.88. The molecule has 2 rings (SSSR count). The Hall–Kier alpha value is -0.480. The Labute approximate surface area is 97.7 Å². The summed E-state index contributed by atoms with van der Waals surface area (Å²) in [6.07, 6.45) is 4.89. The van der Waals surface area contributed by atoms with E-state index in [0.29, 0.717) is 0 Å². The van der Waals surface area contributed by atoms with Crippen molar-refractivity contribution in [2.45, 2.75) is 41.1 Å². The van der Waals surface area contributed by atoms with Crippen molar-refractivity contribution in [1.82, 2.24) is 0 Å². The van der Waals surface area contributed by atoms with Gasteiger partial charge in [-0.2, -0.15) is 0 Å². The van der Waals surface area contributed by atoms with Gasteiger partial charge in [0.05, 0.1) is 4.21 Å². The molecule has 0 bridgehead atoms. The van der Waals surface area contributed by atoms with Crippen LogP contribution >= 0.6 is 23.1 Å². The SMILES string of the molecule is O=C(O)C1(Sc2cccs2)CCCCC1. The molecule has 1 aliphatic rings. The molecule has 1 saturated carbocycles. The summed E-state index contributed by atoms with van der Waals surface area (Å²) in [7, 11) is 0. The van der Waals surface area contributed by atoms with Gasteiger partial charge >= 0.3 is 5.97 Å². The summed E-state index contributed by atoms with van der Waals surface area (Å²) in [5.74, 6) is -0.638. The molecule has 1 aliphatic carbocycles. The predicted molar refractivity (Wildman–Crippen MR) is 63.6 cm³/mol. The molecular formula is C11H14O2S2. The van der Waals surface area contributed by atoms with Crippen molar-refractivity contribution in [2.75, 3.05) is 0 Å². The van der Waals surface area contributed by atoms with Crippen LogP contribution in [-0.4, -0.2) is 15.8 Å². The van der Waals surface area contributed by atoms with Crippen molar-refractivity contribution in [1.29, 1.82) is 0 Å². The Morgan fingerprint density at radius 1 is 1.40 bits per heavy atom. The van der Waals surface area contributed by atoms with Gasteiger partial charge in [0.2, 0.25) is 0 Å². The standard InChI is InChI=1S/C11H14O2S2/c12-10(13)11(6-2-1-3-7-11)15-9-5-4-8-14-9/h4-5,8H,1-3,6-7H2,(H,12,13). The molecule has 0 aliphatic heterocycles. The van der Waals surface area contributed by atoms with E-state index in [1.54, 1.807) is 23.1 Å². The van der Waals surface area contributed by atoms with E-state index in [9.17, 15) is 9.90 Å². The molecule has 0 aromatic carbocycles. The lowest BCUT2D eigenvalue weighted by molar-refractivity contribution is -0.140. The maximum Gasteiger partial charge on any atom is 0.320 e. The quantitative estimate of drug-likeness (QED) is 0.879. The molecule has 0 spiro atoms. The van der Waals surface area contributed by atoms with Crippen molar-refractivity contribution in [3.63, 3.8) is 0 Å². The molecule has 0 saturated heterocycles. The van der Waals surface area contributed by atoms with Gasteiger partial charge in [-0.3, -0.25) is 4.79 Å². The lowest BCUT2D eigenvalue weighted by Gasteiger charge is -2.31. The third-order valence-corrected chi connectivity index (χ3v) is 5.35. The van der Waals surface area contributed by atoms with Gasteiger partial charge < -0.3 is 5.11 Å². The molecule has 1 aromatic rings. The summed E-state index contributed by atoms with van der Waals surface area (Å²) in [6, 6.07) is 3.99. The summed E-state index contributed by atoms with van der Waals surface area (Å²) in [5.41, 5.74) is 0. The minimum atomic E-state index is -0.638. The molecule has 0 unspecified atom stereocenters. The van der Waals surface area contributed by atoms with E-state index < -0.39 is 10.7 Å². The first kappa shape index (κ1) is 11.0. The number of aliphatic carboxylic acids is 1. The molecule has 2 nitrogen and oxygen atoms in total. The van der Waals surface area contributed by atoms with E-state index in [2.05, 4.69) is 0 Å².